The number of nitrogens with two attached hydrogens (primary N) is 1. The number of methoxy groups -OCH3 is 1. The Balaban J connectivity index is 2.08. The summed E-state index contributed by atoms with van der Waals surface area (Å²) >= 11 is 0. The Morgan fingerprint density at radius 2 is 2.30 bits per heavy atom. The number of nitrogen functional groups attached to an aromatic ring is 1. The van der Waals surface area contributed by atoms with Gasteiger partial charge >= 0.3 is 5.97 Å². The van der Waals surface area contributed by atoms with Crippen molar-refractivity contribution in [1.29, 1.82) is 0 Å². The van der Waals surface area contributed by atoms with Gasteiger partial charge in [-0.25, -0.2) is 4.79 Å². The van der Waals surface area contributed by atoms with Crippen molar-refractivity contribution in [2.75, 3.05) is 44.0 Å². The second kappa shape index (κ2) is 6.61. The zero-order valence-electron chi connectivity index (χ0n) is 12.1. The van der Waals surface area contributed by atoms with Crippen molar-refractivity contribution in [3.63, 3.8) is 0 Å². The molecule has 1 atom stereocenters. The molecule has 0 radical (unpaired) electrons. The molecule has 1 fully saturated rings. The van der Waals surface area contributed by atoms with Crippen molar-refractivity contribution in [2.45, 2.75) is 13.3 Å². The highest BCUT2D eigenvalue weighted by Gasteiger charge is 2.24. The van der Waals surface area contributed by atoms with Gasteiger partial charge in [-0.15, -0.1) is 0 Å². The summed E-state index contributed by atoms with van der Waals surface area (Å²) in [7, 11) is 1.73. The van der Waals surface area contributed by atoms with E-state index in [4.69, 9.17) is 15.2 Å². The maximum absolute atomic E-state index is 11.7. The van der Waals surface area contributed by atoms with Gasteiger partial charge in [-0.05, 0) is 31.5 Å². The highest BCUT2D eigenvalue weighted by atomic mass is 16.5. The van der Waals surface area contributed by atoms with Crippen LogP contribution in [0.5, 0.6) is 0 Å². The van der Waals surface area contributed by atoms with E-state index in [0.29, 0.717) is 23.8 Å². The number of hydrogen-bond donors (Lipinski definition) is 1. The van der Waals surface area contributed by atoms with Crippen LogP contribution < -0.4 is 10.6 Å². The lowest BCUT2D eigenvalue weighted by molar-refractivity contribution is 0.0526. The van der Waals surface area contributed by atoms with Crippen molar-refractivity contribution in [2.24, 2.45) is 5.92 Å². The minimum absolute atomic E-state index is 0.329. The predicted octanol–water partition coefficient (Wildman–Crippen LogP) is 1.92. The van der Waals surface area contributed by atoms with Crippen LogP contribution in [0.3, 0.4) is 0 Å². The Morgan fingerprint density at radius 1 is 1.50 bits per heavy atom. The third-order valence-electron chi connectivity index (χ3n) is 3.57. The molecule has 0 bridgehead atoms. The Bertz CT molecular complexity index is 476. The van der Waals surface area contributed by atoms with Crippen LogP contribution in [0.25, 0.3) is 0 Å². The van der Waals surface area contributed by atoms with E-state index in [9.17, 15) is 4.79 Å². The molecule has 20 heavy (non-hydrogen) atoms. The first-order valence-electron chi connectivity index (χ1n) is 6.96. The van der Waals surface area contributed by atoms with Crippen LogP contribution in [0.15, 0.2) is 18.2 Å². The minimum atomic E-state index is -0.329. The molecule has 0 aliphatic carbocycles. The molecule has 0 aromatic heterocycles. The zero-order chi connectivity index (χ0) is 14.5. The number of rotatable bonds is 5. The number of anilines is 2. The molecule has 5 nitrogen and oxygen atoms in total. The number of nitrogens with zero attached hydrogens (tertiary/aromatic N) is 1. The summed E-state index contributed by atoms with van der Waals surface area (Å²) in [5.41, 5.74) is 8.18. The van der Waals surface area contributed by atoms with Crippen molar-refractivity contribution >= 4 is 17.3 Å². The molecule has 0 saturated carbocycles. The topological polar surface area (TPSA) is 64.8 Å². The fourth-order valence-corrected chi connectivity index (χ4v) is 2.61. The molecule has 2 N–H and O–H groups in total. The quantitative estimate of drug-likeness (QED) is 0.658. The maximum atomic E-state index is 11.7. The first kappa shape index (κ1) is 14.7. The smallest absolute Gasteiger partial charge is 0.338 e. The van der Waals surface area contributed by atoms with Gasteiger partial charge in [0.05, 0.1) is 30.2 Å². The zero-order valence-corrected chi connectivity index (χ0v) is 12.1. The van der Waals surface area contributed by atoms with E-state index >= 15 is 0 Å². The number of benzene rings is 1. The van der Waals surface area contributed by atoms with Crippen molar-refractivity contribution in [1.82, 2.24) is 0 Å². The summed E-state index contributed by atoms with van der Waals surface area (Å²) in [6.45, 7) is 4.84. The fraction of sp³-hybridized carbons (Fsp3) is 0.533. The van der Waals surface area contributed by atoms with Crippen LogP contribution in [0, 0.1) is 5.92 Å². The Labute approximate surface area is 119 Å². The summed E-state index contributed by atoms with van der Waals surface area (Å²) in [5, 5.41) is 0. The molecular formula is C15H22N2O3. The SMILES string of the molecule is CCOC(=O)c1ccc(N2CCC(COC)C2)c(N)c1. The Kier molecular flexibility index (Phi) is 4.84. The van der Waals surface area contributed by atoms with Crippen molar-refractivity contribution < 1.29 is 14.3 Å². The van der Waals surface area contributed by atoms with E-state index in [2.05, 4.69) is 4.90 Å². The first-order chi connectivity index (χ1) is 9.65. The van der Waals surface area contributed by atoms with Crippen LogP contribution >= 0.6 is 0 Å². The summed E-state index contributed by atoms with van der Waals surface area (Å²) < 4.78 is 10.2. The lowest BCUT2D eigenvalue weighted by atomic mass is 10.1. The lowest BCUT2D eigenvalue weighted by Gasteiger charge is -2.21. The second-order valence-electron chi connectivity index (χ2n) is 5.05. The molecule has 0 spiro atoms. The minimum Gasteiger partial charge on any atom is -0.462 e. The van der Waals surface area contributed by atoms with Crippen LogP contribution in [0.2, 0.25) is 0 Å². The molecule has 1 saturated heterocycles. The van der Waals surface area contributed by atoms with Crippen LogP contribution in [0.1, 0.15) is 23.7 Å². The van der Waals surface area contributed by atoms with Gasteiger partial charge in [0, 0.05) is 26.1 Å². The summed E-state index contributed by atoms with van der Waals surface area (Å²) in [6, 6.07) is 5.36. The van der Waals surface area contributed by atoms with Gasteiger partial charge in [0.2, 0.25) is 0 Å². The van der Waals surface area contributed by atoms with Crippen LogP contribution in [0.4, 0.5) is 11.4 Å². The molecular weight excluding hydrogens is 256 g/mol. The molecule has 1 heterocycles. The average molecular weight is 278 g/mol. The number of ether oxygens (including phenoxy) is 2. The monoisotopic (exact) mass is 278 g/mol. The van der Waals surface area contributed by atoms with Crippen LogP contribution in [-0.2, 0) is 9.47 Å². The fourth-order valence-electron chi connectivity index (χ4n) is 2.61. The molecule has 5 heteroatoms. The lowest BCUT2D eigenvalue weighted by Crippen LogP contribution is -2.22. The summed E-state index contributed by atoms with van der Waals surface area (Å²) in [6.07, 6.45) is 1.10. The third-order valence-corrected chi connectivity index (χ3v) is 3.57. The number of carbonyl (C=O) groups excluding carboxylic acids is 1. The first-order valence-corrected chi connectivity index (χ1v) is 6.96. The normalized spacial score (nSPS) is 18.3. The van der Waals surface area contributed by atoms with E-state index in [1.807, 2.05) is 6.07 Å². The van der Waals surface area contributed by atoms with Gasteiger partial charge < -0.3 is 20.1 Å². The van der Waals surface area contributed by atoms with Gasteiger partial charge in [0.1, 0.15) is 0 Å². The maximum Gasteiger partial charge on any atom is 0.338 e. The van der Waals surface area contributed by atoms with Crippen molar-refractivity contribution in [3.8, 4) is 0 Å². The van der Waals surface area contributed by atoms with Gasteiger partial charge in [-0.2, -0.15) is 0 Å². The molecule has 1 aromatic carbocycles. The molecule has 1 aliphatic rings. The molecule has 1 aromatic rings. The average Bonchev–Trinajstić information content (AvgIpc) is 2.87. The standard InChI is InChI=1S/C15H22N2O3/c1-3-20-15(18)12-4-5-14(13(16)8-12)17-7-6-11(9-17)10-19-2/h4-5,8,11H,3,6-7,9-10,16H2,1-2H3. The molecule has 0 amide bonds. The van der Waals surface area contributed by atoms with Gasteiger partial charge in [-0.1, -0.05) is 0 Å². The number of hydrogen-bond acceptors (Lipinski definition) is 5. The Morgan fingerprint density at radius 3 is 2.95 bits per heavy atom. The summed E-state index contributed by atoms with van der Waals surface area (Å²) in [5.74, 6) is 0.216. The van der Waals surface area contributed by atoms with E-state index in [1.54, 1.807) is 26.2 Å². The third kappa shape index (κ3) is 3.22. The molecule has 1 unspecified atom stereocenters. The summed E-state index contributed by atoms with van der Waals surface area (Å²) in [4.78, 5) is 13.9. The molecule has 110 valence electrons. The number of esters is 1. The van der Waals surface area contributed by atoms with E-state index in [-0.39, 0.29) is 5.97 Å². The molecule has 1 aliphatic heterocycles. The van der Waals surface area contributed by atoms with Gasteiger partial charge in [0.15, 0.2) is 0 Å². The van der Waals surface area contributed by atoms with E-state index in [0.717, 1.165) is 31.8 Å². The second-order valence-corrected chi connectivity index (χ2v) is 5.05. The molecule has 2 rings (SSSR count). The number of carbonyl (C=O) groups is 1. The Hall–Kier alpha value is -1.75. The highest BCUT2D eigenvalue weighted by Crippen LogP contribution is 2.29. The van der Waals surface area contributed by atoms with E-state index < -0.39 is 0 Å². The van der Waals surface area contributed by atoms with Gasteiger partial charge in [-0.3, -0.25) is 0 Å². The largest absolute Gasteiger partial charge is 0.462 e. The van der Waals surface area contributed by atoms with E-state index in [1.165, 1.54) is 0 Å². The van der Waals surface area contributed by atoms with Crippen LogP contribution in [-0.4, -0.2) is 39.4 Å². The highest BCUT2D eigenvalue weighted by molar-refractivity contribution is 5.92. The van der Waals surface area contributed by atoms with Gasteiger partial charge in [0.25, 0.3) is 0 Å². The van der Waals surface area contributed by atoms with Crippen molar-refractivity contribution in [3.05, 3.63) is 23.8 Å². The predicted molar refractivity (Wildman–Crippen MR) is 79.0 cm³/mol.